The molecule has 0 atom stereocenters. The molecule has 1 fully saturated rings. The summed E-state index contributed by atoms with van der Waals surface area (Å²) in [5.41, 5.74) is 4.35. The van der Waals surface area contributed by atoms with Crippen molar-refractivity contribution in [1.29, 1.82) is 0 Å². The largest absolute Gasteiger partial charge is 0.483 e. The number of rotatable bonds is 8. The second kappa shape index (κ2) is 13.8. The van der Waals surface area contributed by atoms with Gasteiger partial charge in [0.25, 0.3) is 11.8 Å². The first-order chi connectivity index (χ1) is 20.0. The summed E-state index contributed by atoms with van der Waals surface area (Å²) in [5, 5.41) is 0. The standard InChI is InChI=1S/C33H30Br2N2O4/c34-28-20-26(24-8-3-1-4-9-24)12-14-30(28)40-22-32(38)36-16-7-17-37(19-18-36)33(39)23-41-31-15-13-27(21-29(31)35)25-10-5-2-6-11-25/h1-6,8-15,20-21H,7,16-19,22-23H2. The van der Waals surface area contributed by atoms with Crippen molar-refractivity contribution in [1.82, 2.24) is 9.80 Å². The van der Waals surface area contributed by atoms with Crippen LogP contribution in [0.5, 0.6) is 11.5 Å². The van der Waals surface area contributed by atoms with Crippen molar-refractivity contribution in [3.8, 4) is 33.8 Å². The molecular formula is C33H30Br2N2O4. The Morgan fingerprint density at radius 3 is 1.37 bits per heavy atom. The molecule has 210 valence electrons. The Morgan fingerprint density at radius 2 is 0.976 bits per heavy atom. The maximum Gasteiger partial charge on any atom is 0.260 e. The number of hydrogen-bond acceptors (Lipinski definition) is 4. The molecular weight excluding hydrogens is 648 g/mol. The maximum absolute atomic E-state index is 12.9. The molecule has 1 saturated heterocycles. The van der Waals surface area contributed by atoms with Crippen LogP contribution in [0.15, 0.2) is 106 Å². The third-order valence-electron chi connectivity index (χ3n) is 6.98. The van der Waals surface area contributed by atoms with Gasteiger partial charge < -0.3 is 19.3 Å². The lowest BCUT2D eigenvalue weighted by atomic mass is 10.1. The molecule has 4 aromatic carbocycles. The van der Waals surface area contributed by atoms with E-state index in [0.717, 1.165) is 31.2 Å². The minimum absolute atomic E-state index is 0.0622. The van der Waals surface area contributed by atoms with E-state index < -0.39 is 0 Å². The molecule has 0 aromatic heterocycles. The summed E-state index contributed by atoms with van der Waals surface area (Å²) in [6.45, 7) is 1.94. The Kier molecular flexibility index (Phi) is 9.75. The second-order valence-electron chi connectivity index (χ2n) is 9.71. The summed E-state index contributed by atoms with van der Waals surface area (Å²) in [4.78, 5) is 29.4. The van der Waals surface area contributed by atoms with Gasteiger partial charge in [0.1, 0.15) is 11.5 Å². The minimum atomic E-state index is -0.1000. The first-order valence-electron chi connectivity index (χ1n) is 13.5. The number of benzene rings is 4. The number of carbonyl (C=O) groups excluding carboxylic acids is 2. The molecule has 41 heavy (non-hydrogen) atoms. The molecule has 1 aliphatic rings. The highest BCUT2D eigenvalue weighted by Gasteiger charge is 2.23. The van der Waals surface area contributed by atoms with Gasteiger partial charge in [-0.05, 0) is 84.8 Å². The normalized spacial score (nSPS) is 13.4. The molecule has 0 aliphatic carbocycles. The zero-order valence-electron chi connectivity index (χ0n) is 22.5. The van der Waals surface area contributed by atoms with Gasteiger partial charge in [-0.1, -0.05) is 72.8 Å². The zero-order chi connectivity index (χ0) is 28.6. The predicted octanol–water partition coefficient (Wildman–Crippen LogP) is 7.06. The maximum atomic E-state index is 12.9. The molecule has 4 aromatic rings. The average molecular weight is 678 g/mol. The van der Waals surface area contributed by atoms with Gasteiger partial charge in [0.15, 0.2) is 13.2 Å². The van der Waals surface area contributed by atoms with E-state index in [9.17, 15) is 9.59 Å². The van der Waals surface area contributed by atoms with Crippen molar-refractivity contribution >= 4 is 43.7 Å². The van der Waals surface area contributed by atoms with E-state index >= 15 is 0 Å². The molecule has 0 N–H and O–H groups in total. The Morgan fingerprint density at radius 1 is 0.561 bits per heavy atom. The van der Waals surface area contributed by atoms with Crippen LogP contribution in [-0.2, 0) is 9.59 Å². The van der Waals surface area contributed by atoms with Crippen LogP contribution < -0.4 is 9.47 Å². The van der Waals surface area contributed by atoms with Gasteiger partial charge in [-0.3, -0.25) is 9.59 Å². The fourth-order valence-corrected chi connectivity index (χ4v) is 5.72. The fraction of sp³-hybridized carbons (Fsp3) is 0.212. The van der Waals surface area contributed by atoms with Gasteiger partial charge >= 0.3 is 0 Å². The van der Waals surface area contributed by atoms with Gasteiger partial charge in [0, 0.05) is 26.2 Å². The van der Waals surface area contributed by atoms with Gasteiger partial charge in [0.2, 0.25) is 0 Å². The van der Waals surface area contributed by atoms with Gasteiger partial charge in [-0.15, -0.1) is 0 Å². The number of halogens is 2. The first-order valence-corrected chi connectivity index (χ1v) is 15.1. The molecule has 0 spiro atoms. The Labute approximate surface area is 257 Å². The quantitative estimate of drug-likeness (QED) is 0.200. The Hall–Kier alpha value is -3.62. The van der Waals surface area contributed by atoms with Crippen molar-refractivity contribution in [3.63, 3.8) is 0 Å². The molecule has 1 heterocycles. The predicted molar refractivity (Wildman–Crippen MR) is 168 cm³/mol. The molecule has 0 unspecified atom stereocenters. The van der Waals surface area contributed by atoms with Crippen molar-refractivity contribution in [2.75, 3.05) is 39.4 Å². The lowest BCUT2D eigenvalue weighted by Crippen LogP contribution is -2.40. The van der Waals surface area contributed by atoms with E-state index in [1.165, 1.54) is 0 Å². The minimum Gasteiger partial charge on any atom is -0.483 e. The zero-order valence-corrected chi connectivity index (χ0v) is 25.6. The van der Waals surface area contributed by atoms with Crippen LogP contribution >= 0.6 is 31.9 Å². The van der Waals surface area contributed by atoms with Crippen LogP contribution in [0, 0.1) is 0 Å². The Balaban J connectivity index is 1.09. The van der Waals surface area contributed by atoms with Crippen LogP contribution in [0.4, 0.5) is 0 Å². The van der Waals surface area contributed by atoms with E-state index in [2.05, 4.69) is 31.9 Å². The lowest BCUT2D eigenvalue weighted by Gasteiger charge is -2.22. The molecule has 2 amide bonds. The molecule has 6 nitrogen and oxygen atoms in total. The fourth-order valence-electron chi connectivity index (χ4n) is 4.73. The highest BCUT2D eigenvalue weighted by Crippen LogP contribution is 2.32. The highest BCUT2D eigenvalue weighted by atomic mass is 79.9. The molecule has 8 heteroatoms. The summed E-state index contributed by atoms with van der Waals surface area (Å²) in [6, 6.07) is 31.8. The van der Waals surface area contributed by atoms with Crippen molar-refractivity contribution in [2.45, 2.75) is 6.42 Å². The van der Waals surface area contributed by atoms with Crippen molar-refractivity contribution in [3.05, 3.63) is 106 Å². The van der Waals surface area contributed by atoms with E-state index in [1.807, 2.05) is 97.1 Å². The number of ether oxygens (including phenoxy) is 2. The molecule has 5 rings (SSSR count). The van der Waals surface area contributed by atoms with Crippen molar-refractivity contribution in [2.24, 2.45) is 0 Å². The number of carbonyl (C=O) groups is 2. The third kappa shape index (κ3) is 7.57. The number of nitrogens with zero attached hydrogens (tertiary/aromatic N) is 2. The lowest BCUT2D eigenvalue weighted by molar-refractivity contribution is -0.135. The van der Waals surface area contributed by atoms with E-state index in [0.29, 0.717) is 44.1 Å². The van der Waals surface area contributed by atoms with Gasteiger partial charge in [-0.2, -0.15) is 0 Å². The van der Waals surface area contributed by atoms with Crippen LogP contribution in [0.1, 0.15) is 6.42 Å². The Bertz CT molecular complexity index is 1390. The van der Waals surface area contributed by atoms with Gasteiger partial charge in [-0.25, -0.2) is 0 Å². The monoisotopic (exact) mass is 676 g/mol. The van der Waals surface area contributed by atoms with Crippen LogP contribution in [-0.4, -0.2) is 61.0 Å². The molecule has 0 bridgehead atoms. The summed E-state index contributed by atoms with van der Waals surface area (Å²) < 4.78 is 13.3. The van der Waals surface area contributed by atoms with Crippen LogP contribution in [0.2, 0.25) is 0 Å². The topological polar surface area (TPSA) is 59.1 Å². The molecule has 0 saturated carbocycles. The summed E-state index contributed by atoms with van der Waals surface area (Å²) in [7, 11) is 0. The van der Waals surface area contributed by atoms with Gasteiger partial charge in [0.05, 0.1) is 8.95 Å². The molecule has 1 aliphatic heterocycles. The average Bonchev–Trinajstić information content (AvgIpc) is 3.27. The molecule has 0 radical (unpaired) electrons. The first kappa shape index (κ1) is 28.9. The van der Waals surface area contributed by atoms with E-state index in [1.54, 1.807) is 9.80 Å². The second-order valence-corrected chi connectivity index (χ2v) is 11.4. The smallest absolute Gasteiger partial charge is 0.260 e. The number of amides is 2. The van der Waals surface area contributed by atoms with E-state index in [-0.39, 0.29) is 25.0 Å². The number of hydrogen-bond donors (Lipinski definition) is 0. The van der Waals surface area contributed by atoms with Crippen LogP contribution in [0.3, 0.4) is 0 Å². The summed E-state index contributed by atoms with van der Waals surface area (Å²) >= 11 is 7.14. The highest BCUT2D eigenvalue weighted by molar-refractivity contribution is 9.11. The summed E-state index contributed by atoms with van der Waals surface area (Å²) in [6.07, 6.45) is 0.697. The van der Waals surface area contributed by atoms with Crippen LogP contribution in [0.25, 0.3) is 22.3 Å². The van der Waals surface area contributed by atoms with Crippen molar-refractivity contribution < 1.29 is 19.1 Å². The van der Waals surface area contributed by atoms with E-state index in [4.69, 9.17) is 9.47 Å². The SMILES string of the molecule is O=C(COc1ccc(-c2ccccc2)cc1Br)N1CCCN(C(=O)COc2ccc(-c3ccccc3)cc2Br)CC1. The third-order valence-corrected chi connectivity index (χ3v) is 8.22. The summed E-state index contributed by atoms with van der Waals surface area (Å²) in [5.74, 6) is 1.03.